The van der Waals surface area contributed by atoms with Crippen molar-refractivity contribution in [1.29, 1.82) is 0 Å². The highest BCUT2D eigenvalue weighted by Crippen LogP contribution is 2.20. The Kier molecular flexibility index (Phi) is 5.81. The van der Waals surface area contributed by atoms with Crippen LogP contribution >= 0.6 is 11.6 Å². The first-order chi connectivity index (χ1) is 10.8. The molecule has 0 aliphatic carbocycles. The first kappa shape index (κ1) is 17.5. The number of nitrogens with one attached hydrogen (secondary N) is 2. The third kappa shape index (κ3) is 6.05. The molecule has 0 unspecified atom stereocenters. The Morgan fingerprint density at radius 2 is 1.96 bits per heavy atom. The number of carbonyl (C=O) groups excluding carboxylic acids is 1. The van der Waals surface area contributed by atoms with Crippen molar-refractivity contribution >= 4 is 27.5 Å². The van der Waals surface area contributed by atoms with E-state index in [4.69, 9.17) is 16.0 Å². The second-order valence-corrected chi connectivity index (χ2v) is 7.27. The van der Waals surface area contributed by atoms with Crippen molar-refractivity contribution in [2.75, 3.05) is 6.26 Å². The van der Waals surface area contributed by atoms with Crippen molar-refractivity contribution in [1.82, 2.24) is 10.0 Å². The molecule has 2 rings (SSSR count). The van der Waals surface area contributed by atoms with Crippen LogP contribution in [0.2, 0.25) is 5.02 Å². The zero-order valence-corrected chi connectivity index (χ0v) is 14.0. The summed E-state index contributed by atoms with van der Waals surface area (Å²) in [4.78, 5) is 12.1. The third-order valence-corrected chi connectivity index (χ3v) is 4.02. The molecular weight excluding hydrogens is 340 g/mol. The zero-order valence-electron chi connectivity index (χ0n) is 12.5. The summed E-state index contributed by atoms with van der Waals surface area (Å²) in [5.41, 5.74) is 0.660. The Morgan fingerprint density at radius 3 is 2.52 bits per heavy atom. The van der Waals surface area contributed by atoms with Crippen LogP contribution in [-0.2, 0) is 21.4 Å². The van der Waals surface area contributed by atoms with Crippen LogP contribution in [0.15, 0.2) is 47.1 Å². The van der Waals surface area contributed by atoms with E-state index in [0.717, 1.165) is 6.26 Å². The number of benzene rings is 1. The topological polar surface area (TPSA) is 88.4 Å². The molecule has 1 heterocycles. The van der Waals surface area contributed by atoms with Gasteiger partial charge in [-0.05, 0) is 29.8 Å². The van der Waals surface area contributed by atoms with Crippen LogP contribution in [0, 0.1) is 0 Å². The van der Waals surface area contributed by atoms with Gasteiger partial charge in [-0.3, -0.25) is 4.79 Å². The zero-order chi connectivity index (χ0) is 16.9. The van der Waals surface area contributed by atoms with Gasteiger partial charge >= 0.3 is 0 Å². The summed E-state index contributed by atoms with van der Waals surface area (Å²) in [6, 6.07) is 9.47. The minimum atomic E-state index is -3.47. The summed E-state index contributed by atoms with van der Waals surface area (Å²) in [6.45, 7) is 0.248. The Morgan fingerprint density at radius 1 is 1.26 bits per heavy atom. The molecule has 0 aliphatic heterocycles. The first-order valence-corrected chi connectivity index (χ1v) is 9.12. The van der Waals surface area contributed by atoms with Crippen LogP contribution in [0.4, 0.5) is 0 Å². The quantitative estimate of drug-likeness (QED) is 0.796. The molecule has 1 aromatic heterocycles. The molecule has 2 N–H and O–H groups in total. The lowest BCUT2D eigenvalue weighted by Crippen LogP contribution is -2.33. The second kappa shape index (κ2) is 7.63. The van der Waals surface area contributed by atoms with Crippen LogP contribution in [0.5, 0.6) is 0 Å². The molecule has 1 aromatic carbocycles. The van der Waals surface area contributed by atoms with Gasteiger partial charge in [-0.15, -0.1) is 0 Å². The molecule has 1 atom stereocenters. The Bertz CT molecular complexity index is 742. The normalized spacial score (nSPS) is 12.8. The number of carbonyl (C=O) groups is 1. The molecule has 0 saturated heterocycles. The van der Waals surface area contributed by atoms with Gasteiger partial charge in [-0.25, -0.2) is 13.1 Å². The van der Waals surface area contributed by atoms with Gasteiger partial charge in [0, 0.05) is 11.4 Å². The maximum Gasteiger partial charge on any atom is 0.222 e. The Balaban J connectivity index is 2.04. The molecule has 0 bridgehead atoms. The summed E-state index contributed by atoms with van der Waals surface area (Å²) in [5, 5.41) is 3.23. The predicted octanol–water partition coefficient (Wildman–Crippen LogP) is 2.23. The van der Waals surface area contributed by atoms with Crippen molar-refractivity contribution in [3.63, 3.8) is 0 Å². The van der Waals surface area contributed by atoms with Gasteiger partial charge in [0.2, 0.25) is 15.9 Å². The second-order valence-electron chi connectivity index (χ2n) is 5.05. The van der Waals surface area contributed by atoms with Crippen LogP contribution < -0.4 is 10.0 Å². The molecule has 0 saturated carbocycles. The SMILES string of the molecule is CS(=O)(=O)N[C@@H](CC(=O)NCc1ccco1)c1ccc(Cl)cc1. The molecule has 8 heteroatoms. The van der Waals surface area contributed by atoms with Gasteiger partial charge < -0.3 is 9.73 Å². The average molecular weight is 357 g/mol. The number of amides is 1. The van der Waals surface area contributed by atoms with Crippen molar-refractivity contribution in [3.05, 3.63) is 59.0 Å². The number of furan rings is 1. The van der Waals surface area contributed by atoms with E-state index >= 15 is 0 Å². The molecule has 6 nitrogen and oxygen atoms in total. The highest BCUT2D eigenvalue weighted by Gasteiger charge is 2.19. The van der Waals surface area contributed by atoms with Crippen molar-refractivity contribution in [3.8, 4) is 0 Å². The van der Waals surface area contributed by atoms with Gasteiger partial charge in [0.15, 0.2) is 0 Å². The first-order valence-electron chi connectivity index (χ1n) is 6.85. The predicted molar refractivity (Wildman–Crippen MR) is 87.3 cm³/mol. The van der Waals surface area contributed by atoms with Gasteiger partial charge in [0.25, 0.3) is 0 Å². The maximum absolute atomic E-state index is 12.1. The molecule has 0 aliphatic rings. The van der Waals surface area contributed by atoms with E-state index in [1.807, 2.05) is 0 Å². The molecule has 23 heavy (non-hydrogen) atoms. The Hall–Kier alpha value is -1.83. The van der Waals surface area contributed by atoms with E-state index in [1.54, 1.807) is 36.4 Å². The summed E-state index contributed by atoms with van der Waals surface area (Å²) in [7, 11) is -3.47. The maximum atomic E-state index is 12.1. The van der Waals surface area contributed by atoms with Gasteiger partial charge in [-0.2, -0.15) is 0 Å². The standard InChI is InChI=1S/C15H17ClN2O4S/c1-23(20,21)18-14(11-4-6-12(16)7-5-11)9-15(19)17-10-13-3-2-8-22-13/h2-8,14,18H,9-10H2,1H3,(H,17,19)/t14-/m0/s1. The highest BCUT2D eigenvalue weighted by molar-refractivity contribution is 7.88. The smallest absolute Gasteiger partial charge is 0.222 e. The lowest BCUT2D eigenvalue weighted by Gasteiger charge is -2.17. The van der Waals surface area contributed by atoms with E-state index < -0.39 is 16.1 Å². The van der Waals surface area contributed by atoms with Gasteiger partial charge in [0.05, 0.1) is 25.1 Å². The van der Waals surface area contributed by atoms with Gasteiger partial charge in [0.1, 0.15) is 5.76 Å². The number of hydrogen-bond acceptors (Lipinski definition) is 4. The van der Waals surface area contributed by atoms with Crippen LogP contribution in [-0.4, -0.2) is 20.6 Å². The molecule has 0 fully saturated rings. The number of rotatable bonds is 7. The molecule has 0 radical (unpaired) electrons. The largest absolute Gasteiger partial charge is 0.467 e. The highest BCUT2D eigenvalue weighted by atomic mass is 35.5. The summed E-state index contributed by atoms with van der Waals surface area (Å²) in [6.07, 6.45) is 2.54. The lowest BCUT2D eigenvalue weighted by atomic mass is 10.0. The molecular formula is C15H17ClN2O4S. The fraction of sp³-hybridized carbons (Fsp3) is 0.267. The molecule has 0 spiro atoms. The minimum absolute atomic E-state index is 0.0323. The Labute approximate surface area is 139 Å². The van der Waals surface area contributed by atoms with E-state index in [9.17, 15) is 13.2 Å². The summed E-state index contributed by atoms with van der Waals surface area (Å²) < 4.78 is 30.6. The average Bonchev–Trinajstić information content (AvgIpc) is 2.97. The fourth-order valence-electron chi connectivity index (χ4n) is 2.04. The summed E-state index contributed by atoms with van der Waals surface area (Å²) in [5.74, 6) is 0.329. The monoisotopic (exact) mass is 356 g/mol. The van der Waals surface area contributed by atoms with Gasteiger partial charge in [-0.1, -0.05) is 23.7 Å². The van der Waals surface area contributed by atoms with Crippen molar-refractivity contribution in [2.45, 2.75) is 19.0 Å². The van der Waals surface area contributed by atoms with Crippen LogP contribution in [0.1, 0.15) is 23.8 Å². The lowest BCUT2D eigenvalue weighted by molar-refractivity contribution is -0.121. The number of hydrogen-bond donors (Lipinski definition) is 2. The molecule has 124 valence electrons. The van der Waals surface area contributed by atoms with E-state index in [-0.39, 0.29) is 18.9 Å². The number of halogens is 1. The summed E-state index contributed by atoms with van der Waals surface area (Å²) >= 11 is 5.83. The van der Waals surface area contributed by atoms with E-state index in [0.29, 0.717) is 16.3 Å². The third-order valence-electron chi connectivity index (χ3n) is 3.06. The van der Waals surface area contributed by atoms with Crippen LogP contribution in [0.25, 0.3) is 0 Å². The van der Waals surface area contributed by atoms with Crippen molar-refractivity contribution in [2.24, 2.45) is 0 Å². The fourth-order valence-corrected chi connectivity index (χ4v) is 2.90. The van der Waals surface area contributed by atoms with E-state index in [1.165, 1.54) is 6.26 Å². The van der Waals surface area contributed by atoms with E-state index in [2.05, 4.69) is 10.0 Å². The van der Waals surface area contributed by atoms with Crippen LogP contribution in [0.3, 0.4) is 0 Å². The van der Waals surface area contributed by atoms with Crippen molar-refractivity contribution < 1.29 is 17.6 Å². The number of sulfonamides is 1. The minimum Gasteiger partial charge on any atom is -0.467 e. The molecule has 2 aromatic rings. The molecule has 1 amide bonds.